The highest BCUT2D eigenvalue weighted by Crippen LogP contribution is 2.16. The summed E-state index contributed by atoms with van der Waals surface area (Å²) in [6.45, 7) is 1.55. The molecule has 14 heavy (non-hydrogen) atoms. The molecule has 0 saturated heterocycles. The first-order valence-electron chi connectivity index (χ1n) is 3.97. The first-order valence-corrected chi connectivity index (χ1v) is 3.97. The molecule has 1 aliphatic rings. The molecule has 6 heteroatoms. The van der Waals surface area contributed by atoms with E-state index in [0.717, 1.165) is 0 Å². The van der Waals surface area contributed by atoms with Crippen molar-refractivity contribution in [2.24, 2.45) is 4.99 Å². The lowest BCUT2D eigenvalue weighted by Crippen LogP contribution is -2.38. The van der Waals surface area contributed by atoms with Crippen LogP contribution in [0.25, 0.3) is 0 Å². The van der Waals surface area contributed by atoms with E-state index in [1.165, 1.54) is 14.2 Å². The number of carbonyl (C=O) groups excluding carboxylic acids is 2. The predicted molar refractivity (Wildman–Crippen MR) is 45.8 cm³/mol. The van der Waals surface area contributed by atoms with Gasteiger partial charge in [-0.3, -0.25) is 0 Å². The summed E-state index contributed by atoms with van der Waals surface area (Å²) in [5.41, 5.74) is 0. The van der Waals surface area contributed by atoms with Gasteiger partial charge in [0.2, 0.25) is 6.10 Å². The average molecular weight is 201 g/mol. The number of methoxy groups -OCH3 is 2. The highest BCUT2D eigenvalue weighted by atomic mass is 16.6. The highest BCUT2D eigenvalue weighted by molar-refractivity contribution is 5.93. The lowest BCUT2D eigenvalue weighted by molar-refractivity contribution is -0.156. The van der Waals surface area contributed by atoms with Gasteiger partial charge in [0.25, 0.3) is 0 Å². The van der Waals surface area contributed by atoms with E-state index in [0.29, 0.717) is 0 Å². The van der Waals surface area contributed by atoms with Crippen molar-refractivity contribution >= 4 is 17.8 Å². The second-order valence-electron chi connectivity index (χ2n) is 2.68. The summed E-state index contributed by atoms with van der Waals surface area (Å²) in [4.78, 5) is 26.2. The number of aliphatic imine (C=N–C) groups is 1. The fourth-order valence-corrected chi connectivity index (χ4v) is 1.13. The molecule has 6 nitrogen and oxygen atoms in total. The van der Waals surface area contributed by atoms with Crippen LogP contribution in [0.15, 0.2) is 4.99 Å². The fourth-order valence-electron chi connectivity index (χ4n) is 1.13. The van der Waals surface area contributed by atoms with Crippen LogP contribution in [-0.4, -0.2) is 44.2 Å². The Labute approximate surface area is 80.8 Å². The molecule has 0 N–H and O–H groups in total. The van der Waals surface area contributed by atoms with Gasteiger partial charge in [-0.05, 0) is 0 Å². The number of carbonyl (C=O) groups is 2. The van der Waals surface area contributed by atoms with Crippen LogP contribution in [0.2, 0.25) is 0 Å². The molecule has 0 aliphatic carbocycles. The molecule has 0 saturated carbocycles. The monoisotopic (exact) mass is 201 g/mol. The zero-order chi connectivity index (χ0) is 10.7. The number of rotatable bonds is 2. The minimum Gasteiger partial charge on any atom is -0.467 e. The van der Waals surface area contributed by atoms with Crippen molar-refractivity contribution in [2.75, 3.05) is 14.2 Å². The van der Waals surface area contributed by atoms with Gasteiger partial charge in [-0.1, -0.05) is 0 Å². The van der Waals surface area contributed by atoms with Gasteiger partial charge in [0, 0.05) is 6.92 Å². The molecule has 78 valence electrons. The minimum absolute atomic E-state index is 0.274. The van der Waals surface area contributed by atoms with Crippen molar-refractivity contribution in [3.63, 3.8) is 0 Å². The molecule has 0 bridgehead atoms. The van der Waals surface area contributed by atoms with Gasteiger partial charge in [-0.2, -0.15) is 0 Å². The Morgan fingerprint density at radius 3 is 2.36 bits per heavy atom. The van der Waals surface area contributed by atoms with Gasteiger partial charge in [-0.15, -0.1) is 0 Å². The summed E-state index contributed by atoms with van der Waals surface area (Å²) in [7, 11) is 2.44. The fraction of sp³-hybridized carbons (Fsp3) is 0.625. The molecule has 0 aromatic rings. The molecule has 0 radical (unpaired) electrons. The summed E-state index contributed by atoms with van der Waals surface area (Å²) >= 11 is 0. The molecular weight excluding hydrogens is 190 g/mol. The van der Waals surface area contributed by atoms with E-state index < -0.39 is 24.1 Å². The average Bonchev–Trinajstić information content (AvgIpc) is 2.58. The Morgan fingerprint density at radius 1 is 1.29 bits per heavy atom. The zero-order valence-corrected chi connectivity index (χ0v) is 8.14. The Morgan fingerprint density at radius 2 is 1.86 bits per heavy atom. The maximum Gasteiger partial charge on any atom is 0.350 e. The van der Waals surface area contributed by atoms with Crippen molar-refractivity contribution in [3.05, 3.63) is 0 Å². The SMILES string of the molecule is COC(=O)[C@H]1N=C(C)O[C@@H]1C(=O)OC. The van der Waals surface area contributed by atoms with Crippen LogP contribution in [0.1, 0.15) is 6.92 Å². The third-order valence-electron chi connectivity index (χ3n) is 1.78. The van der Waals surface area contributed by atoms with E-state index in [2.05, 4.69) is 14.5 Å². The van der Waals surface area contributed by atoms with Crippen LogP contribution >= 0.6 is 0 Å². The van der Waals surface area contributed by atoms with Crippen LogP contribution in [0.5, 0.6) is 0 Å². The van der Waals surface area contributed by atoms with Crippen LogP contribution in [-0.2, 0) is 23.8 Å². The van der Waals surface area contributed by atoms with Crippen molar-refractivity contribution in [2.45, 2.75) is 19.1 Å². The second kappa shape index (κ2) is 4.08. The van der Waals surface area contributed by atoms with Crippen LogP contribution in [0, 0.1) is 0 Å². The number of hydrogen-bond donors (Lipinski definition) is 0. The smallest absolute Gasteiger partial charge is 0.350 e. The van der Waals surface area contributed by atoms with E-state index >= 15 is 0 Å². The summed E-state index contributed by atoms with van der Waals surface area (Å²) < 4.78 is 14.0. The van der Waals surface area contributed by atoms with Gasteiger partial charge in [0.05, 0.1) is 14.2 Å². The summed E-state index contributed by atoms with van der Waals surface area (Å²) in [5.74, 6) is -0.978. The number of ether oxygens (including phenoxy) is 3. The van der Waals surface area contributed by atoms with Crippen LogP contribution in [0.4, 0.5) is 0 Å². The molecule has 2 atom stereocenters. The van der Waals surface area contributed by atoms with Gasteiger partial charge < -0.3 is 14.2 Å². The van der Waals surface area contributed by atoms with Crippen molar-refractivity contribution < 1.29 is 23.8 Å². The van der Waals surface area contributed by atoms with Gasteiger partial charge in [0.15, 0.2) is 11.9 Å². The third-order valence-corrected chi connectivity index (χ3v) is 1.78. The van der Waals surface area contributed by atoms with Gasteiger partial charge in [0.1, 0.15) is 0 Å². The van der Waals surface area contributed by atoms with Crippen LogP contribution in [0.3, 0.4) is 0 Å². The van der Waals surface area contributed by atoms with Gasteiger partial charge >= 0.3 is 11.9 Å². The normalized spacial score (nSPS) is 24.9. The van der Waals surface area contributed by atoms with E-state index in [4.69, 9.17) is 4.74 Å². The summed E-state index contributed by atoms with van der Waals surface area (Å²) in [5, 5.41) is 0. The maximum atomic E-state index is 11.2. The Bertz CT molecular complexity index is 285. The van der Waals surface area contributed by atoms with E-state index in [1.807, 2.05) is 0 Å². The second-order valence-corrected chi connectivity index (χ2v) is 2.68. The molecule has 0 aromatic carbocycles. The lowest BCUT2D eigenvalue weighted by atomic mass is 10.2. The quantitative estimate of drug-likeness (QED) is 0.564. The minimum atomic E-state index is -1.02. The topological polar surface area (TPSA) is 74.2 Å². The number of nitrogens with zero attached hydrogens (tertiary/aromatic N) is 1. The van der Waals surface area contributed by atoms with Crippen molar-refractivity contribution in [1.82, 2.24) is 0 Å². The Hall–Kier alpha value is -1.59. The largest absolute Gasteiger partial charge is 0.467 e. The Kier molecular flexibility index (Phi) is 3.06. The molecule has 0 spiro atoms. The lowest BCUT2D eigenvalue weighted by Gasteiger charge is -2.12. The maximum absolute atomic E-state index is 11.2. The number of esters is 2. The summed E-state index contributed by atoms with van der Waals surface area (Å²) in [6, 6.07) is -0.951. The van der Waals surface area contributed by atoms with E-state index in [1.54, 1.807) is 6.92 Å². The van der Waals surface area contributed by atoms with Crippen molar-refractivity contribution in [3.8, 4) is 0 Å². The molecule has 0 unspecified atom stereocenters. The molecule has 1 rings (SSSR count). The van der Waals surface area contributed by atoms with E-state index in [9.17, 15) is 9.59 Å². The zero-order valence-electron chi connectivity index (χ0n) is 8.14. The highest BCUT2D eigenvalue weighted by Gasteiger charge is 2.41. The van der Waals surface area contributed by atoms with Gasteiger partial charge in [-0.25, -0.2) is 14.6 Å². The summed E-state index contributed by atoms with van der Waals surface area (Å²) in [6.07, 6.45) is -1.02. The van der Waals surface area contributed by atoms with E-state index in [-0.39, 0.29) is 5.90 Å². The first kappa shape index (κ1) is 10.5. The number of hydrogen-bond acceptors (Lipinski definition) is 6. The Balaban J connectivity index is 2.79. The third kappa shape index (κ3) is 1.84. The molecule has 0 fully saturated rings. The van der Waals surface area contributed by atoms with Crippen molar-refractivity contribution in [1.29, 1.82) is 0 Å². The standard InChI is InChI=1S/C8H11NO5/c1-4-9-5(7(10)12-2)6(14-4)8(11)13-3/h5-6H,1-3H3/t5-,6-/m0/s1. The first-order chi connectivity index (χ1) is 6.60. The molecule has 0 amide bonds. The molecule has 1 aliphatic heterocycles. The predicted octanol–water partition coefficient (Wildman–Crippen LogP) is -0.482. The van der Waals surface area contributed by atoms with Crippen LogP contribution < -0.4 is 0 Å². The molecular formula is C8H11NO5. The molecule has 1 heterocycles. The molecule has 0 aromatic heterocycles.